The number of fused-ring (bicyclic) bond motifs is 4. The minimum Gasteiger partial charge on any atom is -0.508 e. The van der Waals surface area contributed by atoms with E-state index in [9.17, 15) is 9.90 Å². The van der Waals surface area contributed by atoms with Crippen LogP contribution in [0.5, 0.6) is 11.6 Å². The minimum atomic E-state index is -2.88. The second-order valence-corrected chi connectivity index (χ2v) is 21.2. The maximum Gasteiger partial charge on any atom is 0.265 e. The summed E-state index contributed by atoms with van der Waals surface area (Å²) in [5, 5.41) is 16.6. The van der Waals surface area contributed by atoms with Crippen molar-refractivity contribution >= 4 is 25.6 Å². The average Bonchev–Trinajstić information content (AvgIpc) is 3.45. The van der Waals surface area contributed by atoms with E-state index in [1.54, 1.807) is 0 Å². The number of benzene rings is 1. The number of hydrogen-bond acceptors (Lipinski definition) is 11. The number of carbonyl (C=O) groups is 2. The normalized spacial score (nSPS) is 23.4. The molecule has 0 unspecified atom stereocenters. The predicted octanol–water partition coefficient (Wildman–Crippen LogP) is 7.26. The Morgan fingerprint density at radius 3 is 2.25 bits per heavy atom. The number of aliphatic hydroxyl groups is 1. The number of nitrogens with zero attached hydrogens (tertiary/aromatic N) is 3. The number of nitrogen functional groups attached to an aromatic ring is 1. The number of allylic oxidation sites excluding steroid dienone is 1. The summed E-state index contributed by atoms with van der Waals surface area (Å²) >= 11 is 0. The van der Waals surface area contributed by atoms with Crippen molar-refractivity contribution < 1.29 is 37.5 Å². The molecule has 51 heavy (non-hydrogen) atoms. The summed E-state index contributed by atoms with van der Waals surface area (Å²) in [6.07, 6.45) is 3.50. The fourth-order valence-electron chi connectivity index (χ4n) is 7.63. The van der Waals surface area contributed by atoms with Crippen LogP contribution in [0, 0.1) is 17.7 Å². The second-order valence-electron chi connectivity index (χ2n) is 16.4. The Labute approximate surface area is 302 Å². The number of anilines is 1. The number of ether oxygens (including phenoxy) is 2. The fraction of sp³-hybridized carbons (Fsp3) is 0.658. The molecule has 2 aromatic rings. The van der Waals surface area contributed by atoms with Gasteiger partial charge in [0, 0.05) is 29.2 Å². The molecule has 11 nitrogen and oxygen atoms in total. The lowest BCUT2D eigenvalue weighted by atomic mass is 9.58. The molecule has 0 bridgehead atoms. The molecule has 282 valence electrons. The van der Waals surface area contributed by atoms with Crippen molar-refractivity contribution in [1.82, 2.24) is 15.0 Å². The number of nitrogens with two attached hydrogens (primary N) is 1. The zero-order valence-electron chi connectivity index (χ0n) is 32.3. The largest absolute Gasteiger partial charge is 0.508 e. The van der Waals surface area contributed by atoms with Gasteiger partial charge in [-0.25, -0.2) is 4.39 Å². The van der Waals surface area contributed by atoms with Crippen LogP contribution in [0.2, 0.25) is 18.1 Å². The highest BCUT2D eigenvalue weighted by atomic mass is 28.4. The van der Waals surface area contributed by atoms with Gasteiger partial charge in [0.1, 0.15) is 17.1 Å². The molecule has 3 N–H and O–H groups in total. The van der Waals surface area contributed by atoms with Gasteiger partial charge >= 0.3 is 0 Å². The van der Waals surface area contributed by atoms with E-state index in [2.05, 4.69) is 25.9 Å². The zero-order chi connectivity index (χ0) is 37.8. The maximum atomic E-state index is 16.6. The maximum absolute atomic E-state index is 16.6. The summed E-state index contributed by atoms with van der Waals surface area (Å²) in [6.45, 7) is 15.1. The third kappa shape index (κ3) is 6.42. The van der Waals surface area contributed by atoms with E-state index in [-0.39, 0.29) is 76.2 Å². The molecule has 1 aromatic heterocycles. The highest BCUT2D eigenvalue weighted by Crippen LogP contribution is 2.60. The van der Waals surface area contributed by atoms with Crippen molar-refractivity contribution in [3.8, 4) is 11.6 Å². The number of halogens is 1. The first kappa shape index (κ1) is 39.0. The van der Waals surface area contributed by atoms with Gasteiger partial charge in [0.2, 0.25) is 5.78 Å². The van der Waals surface area contributed by atoms with Gasteiger partial charge in [-0.1, -0.05) is 47.5 Å². The second kappa shape index (κ2) is 14.3. The van der Waals surface area contributed by atoms with Gasteiger partial charge in [0.15, 0.2) is 31.2 Å². The molecule has 0 saturated carbocycles. The Bertz CT molecular complexity index is 1710. The number of Topliss-reactive ketones (excluding diaryl/α,β-unsaturated/α-hetero) is 2. The molecular weight excluding hydrogens is 672 g/mol. The van der Waals surface area contributed by atoms with Gasteiger partial charge in [-0.2, -0.15) is 0 Å². The summed E-state index contributed by atoms with van der Waals surface area (Å²) < 4.78 is 41.9. The van der Waals surface area contributed by atoms with Gasteiger partial charge in [-0.15, -0.1) is 0 Å². The van der Waals surface area contributed by atoms with Crippen LogP contribution in [0.4, 0.5) is 10.1 Å². The molecule has 0 spiro atoms. The van der Waals surface area contributed by atoms with E-state index in [4.69, 9.17) is 24.2 Å². The molecule has 1 heterocycles. The van der Waals surface area contributed by atoms with Crippen LogP contribution in [0.1, 0.15) is 110 Å². The van der Waals surface area contributed by atoms with E-state index in [0.29, 0.717) is 18.8 Å². The zero-order valence-corrected chi connectivity index (χ0v) is 33.3. The topological polar surface area (TPSA) is 141 Å². The van der Waals surface area contributed by atoms with Crippen molar-refractivity contribution in [2.24, 2.45) is 11.8 Å². The summed E-state index contributed by atoms with van der Waals surface area (Å²) in [6, 6.07) is -0.591. The van der Waals surface area contributed by atoms with E-state index in [1.165, 1.54) is 0 Å². The third-order valence-electron chi connectivity index (χ3n) is 11.3. The number of rotatable bonds is 13. The highest BCUT2D eigenvalue weighted by molar-refractivity contribution is 6.74. The lowest BCUT2D eigenvalue weighted by Gasteiger charge is -2.55. The Hall–Kier alpha value is -3.26. The van der Waals surface area contributed by atoms with Gasteiger partial charge in [-0.05, 0) is 83.1 Å². The smallest absolute Gasteiger partial charge is 0.265 e. The van der Waals surface area contributed by atoms with Crippen molar-refractivity contribution in [2.45, 2.75) is 109 Å². The average molecular weight is 729 g/mol. The Morgan fingerprint density at radius 2 is 1.69 bits per heavy atom. The molecule has 3 aliphatic carbocycles. The van der Waals surface area contributed by atoms with Gasteiger partial charge in [0.05, 0.1) is 30.5 Å². The molecule has 0 fully saturated rings. The van der Waals surface area contributed by atoms with Gasteiger partial charge in [-0.3, -0.25) is 14.5 Å². The molecule has 13 heteroatoms. The van der Waals surface area contributed by atoms with Crippen LogP contribution in [0.15, 0.2) is 15.9 Å². The first-order valence-corrected chi connectivity index (χ1v) is 21.2. The molecule has 3 aliphatic rings. The van der Waals surface area contributed by atoms with Crippen LogP contribution in [-0.4, -0.2) is 87.0 Å². The predicted molar refractivity (Wildman–Crippen MR) is 197 cm³/mol. The number of unbranched alkanes of at least 4 members (excludes halogenated alkanes) is 2. The third-order valence-corrected chi connectivity index (χ3v) is 15.7. The molecule has 0 amide bonds. The number of carbonyl (C=O) groups excluding carboxylic acids is 2. The molecule has 0 saturated heterocycles. The molecule has 0 aliphatic heterocycles. The summed E-state index contributed by atoms with van der Waals surface area (Å²) in [5.41, 5.74) is 5.35. The van der Waals surface area contributed by atoms with E-state index in [0.717, 1.165) is 19.3 Å². The minimum absolute atomic E-state index is 0.00371. The van der Waals surface area contributed by atoms with Crippen molar-refractivity contribution in [2.75, 3.05) is 47.1 Å². The Kier molecular flexibility index (Phi) is 10.9. The van der Waals surface area contributed by atoms with E-state index >= 15 is 9.18 Å². The molecule has 0 radical (unpaired) electrons. The number of aromatic nitrogens is 1. The van der Waals surface area contributed by atoms with Gasteiger partial charge in [0.25, 0.3) is 5.88 Å². The van der Waals surface area contributed by atoms with Crippen LogP contribution < -0.4 is 15.2 Å². The lowest BCUT2D eigenvalue weighted by Crippen LogP contribution is -2.65. The summed E-state index contributed by atoms with van der Waals surface area (Å²) in [7, 11) is 4.51. The monoisotopic (exact) mass is 728 g/mol. The number of hydrogen-bond donors (Lipinski definition) is 2. The van der Waals surface area contributed by atoms with Crippen LogP contribution >= 0.6 is 0 Å². The number of aliphatic hydroxyl groups excluding tert-OH is 1. The first-order valence-electron chi connectivity index (χ1n) is 18.3. The first-order chi connectivity index (χ1) is 23.8. The van der Waals surface area contributed by atoms with Gasteiger partial charge < -0.3 is 34.2 Å². The molecule has 1 aromatic carbocycles. The highest BCUT2D eigenvalue weighted by Gasteiger charge is 2.67. The van der Waals surface area contributed by atoms with Crippen molar-refractivity contribution in [3.63, 3.8) is 0 Å². The van der Waals surface area contributed by atoms with E-state index < -0.39 is 54.9 Å². The Balaban J connectivity index is 1.81. The molecule has 4 atom stereocenters. The van der Waals surface area contributed by atoms with Crippen molar-refractivity contribution in [3.05, 3.63) is 45.2 Å². The standard InChI is InChI=1S/C38H57FN4O7Si/c1-12-14-16-47-32-26-22(28(39)23(29(32)40)20-42(6)7)18-21-19-24-30(43(8)9)33-27(36(41-49-33)48-17-15-13-2)35(46)38(24,34(45)25(21)31(26)44)50-51(10,11)37(3,4)5/h21,24,30,45H,12-20,40H2,1-11H3/t21-,24-,30-,38-/m0/s1. The lowest BCUT2D eigenvalue weighted by molar-refractivity contribution is -0.0481. The fourth-order valence-corrected chi connectivity index (χ4v) is 9.09. The molecule has 5 rings (SSSR count). The number of ketones is 2. The molecular formula is C38H57FN4O7Si. The van der Waals surface area contributed by atoms with Crippen LogP contribution in [0.25, 0.3) is 0 Å². The van der Waals surface area contributed by atoms with E-state index in [1.807, 2.05) is 64.9 Å². The van der Waals surface area contributed by atoms with Crippen molar-refractivity contribution in [1.29, 1.82) is 0 Å². The van der Waals surface area contributed by atoms with Crippen LogP contribution in [-0.2, 0) is 17.4 Å². The Morgan fingerprint density at radius 1 is 1.06 bits per heavy atom. The quantitative estimate of drug-likeness (QED) is 0.122. The SMILES string of the molecule is CCCCOc1noc2c1C(=O)[C@@]1(O[Si](C)(C)C(C)(C)C)C(O)=C3C(=O)c4c(c(F)c(CN(C)C)c(N)c4OCCCC)C[C@H]3C[C@H]1[C@@H]2N(C)C. The summed E-state index contributed by atoms with van der Waals surface area (Å²) in [4.78, 5) is 34.0. The summed E-state index contributed by atoms with van der Waals surface area (Å²) in [5.74, 6) is -2.98. The van der Waals surface area contributed by atoms with Crippen LogP contribution in [0.3, 0.4) is 0 Å².